The van der Waals surface area contributed by atoms with Crippen molar-refractivity contribution in [2.24, 2.45) is 33.7 Å². The predicted molar refractivity (Wildman–Crippen MR) is 242 cm³/mol. The minimum atomic E-state index is -0.273. The zero-order valence-electron chi connectivity index (χ0n) is 35.0. The standard InChI is InChI=1S/C54H58N4O/c1-34-17-10-12-23-39(34)53-55-52(37-21-8-5-9-22-37)56-54(57(53)3)46-31-38(36-19-6-4-7-20-36)29-30-40(46)42-25-16-26-43-45-32-44-41-24-13-15-28-48(41)58(47-27-14-11-18-35(47)2)49(44)33-50(45)59-51(42)43/h5-6,8-10,12-13,16,19-26,29-35,41-42,44,47-49,51,54H,4,7,11,14-15,17-18,27-28H2,1-3H3/t34?,35?,41?,42?,44?,47?,48?,49?,51-,54?/m0/s1. The van der Waals surface area contributed by atoms with Crippen LogP contribution in [0.5, 0.6) is 0 Å². The van der Waals surface area contributed by atoms with Gasteiger partial charge in [0.2, 0.25) is 0 Å². The molecule has 59 heavy (non-hydrogen) atoms. The average Bonchev–Trinajstić information content (AvgIpc) is 3.81. The summed E-state index contributed by atoms with van der Waals surface area (Å²) in [5, 5.41) is 0. The Labute approximate surface area is 351 Å². The summed E-state index contributed by atoms with van der Waals surface area (Å²) in [6.45, 7) is 4.83. The van der Waals surface area contributed by atoms with Crippen LogP contribution in [0.25, 0.3) is 5.57 Å². The molecule has 6 aliphatic carbocycles. The summed E-state index contributed by atoms with van der Waals surface area (Å²) in [5.74, 6) is 5.07. The molecule has 0 aromatic heterocycles. The van der Waals surface area contributed by atoms with Gasteiger partial charge in [0.05, 0.1) is 0 Å². The lowest BCUT2D eigenvalue weighted by Crippen LogP contribution is -2.49. The molecule has 5 heteroatoms. The van der Waals surface area contributed by atoms with Crippen molar-refractivity contribution in [3.63, 3.8) is 0 Å². The number of likely N-dealkylation sites (N-methyl/N-ethyl adjacent to an activating group) is 1. The quantitative estimate of drug-likeness (QED) is 0.274. The molecule has 9 aliphatic rings. The minimum absolute atomic E-state index is 0.0285. The molecule has 3 aliphatic heterocycles. The van der Waals surface area contributed by atoms with Gasteiger partial charge >= 0.3 is 0 Å². The van der Waals surface area contributed by atoms with Crippen LogP contribution in [0.2, 0.25) is 0 Å². The molecular weight excluding hydrogens is 721 g/mol. The van der Waals surface area contributed by atoms with Gasteiger partial charge in [0.1, 0.15) is 17.7 Å². The highest BCUT2D eigenvalue weighted by molar-refractivity contribution is 6.13. The lowest BCUT2D eigenvalue weighted by molar-refractivity contribution is 0.0652. The summed E-state index contributed by atoms with van der Waals surface area (Å²) >= 11 is 0. The van der Waals surface area contributed by atoms with Gasteiger partial charge in [0, 0.05) is 65.2 Å². The molecule has 5 nitrogen and oxygen atoms in total. The van der Waals surface area contributed by atoms with E-state index in [2.05, 4.69) is 158 Å². The van der Waals surface area contributed by atoms with Crippen LogP contribution in [-0.4, -0.2) is 52.7 Å². The Kier molecular flexibility index (Phi) is 9.56. The van der Waals surface area contributed by atoms with Crippen molar-refractivity contribution in [2.75, 3.05) is 7.05 Å². The molecule has 0 radical (unpaired) electrons. The Balaban J connectivity index is 1.00. The second-order valence-electron chi connectivity index (χ2n) is 18.6. The first-order valence-electron chi connectivity index (χ1n) is 22.8. The smallest absolute Gasteiger partial charge is 0.159 e. The molecule has 0 amide bonds. The van der Waals surface area contributed by atoms with Crippen LogP contribution < -0.4 is 0 Å². The van der Waals surface area contributed by atoms with Gasteiger partial charge in [-0.2, -0.15) is 0 Å². The predicted octanol–water partition coefficient (Wildman–Crippen LogP) is 11.7. The maximum absolute atomic E-state index is 7.31. The van der Waals surface area contributed by atoms with Gasteiger partial charge in [0.15, 0.2) is 12.0 Å². The van der Waals surface area contributed by atoms with E-state index >= 15 is 0 Å². The number of benzene rings is 2. The van der Waals surface area contributed by atoms with Crippen molar-refractivity contribution in [1.29, 1.82) is 0 Å². The van der Waals surface area contributed by atoms with Gasteiger partial charge in [-0.3, -0.25) is 4.90 Å². The van der Waals surface area contributed by atoms with Gasteiger partial charge in [-0.05, 0) is 91.2 Å². The van der Waals surface area contributed by atoms with Gasteiger partial charge in [0.25, 0.3) is 0 Å². The fourth-order valence-corrected chi connectivity index (χ4v) is 12.1. The van der Waals surface area contributed by atoms with E-state index in [0.29, 0.717) is 35.9 Å². The van der Waals surface area contributed by atoms with Crippen molar-refractivity contribution in [3.05, 3.63) is 172 Å². The second-order valence-corrected chi connectivity index (χ2v) is 18.6. The van der Waals surface area contributed by atoms with Crippen LogP contribution in [0.1, 0.15) is 106 Å². The van der Waals surface area contributed by atoms with Crippen LogP contribution in [0, 0.1) is 23.7 Å². The van der Waals surface area contributed by atoms with Crippen molar-refractivity contribution in [2.45, 2.75) is 108 Å². The lowest BCUT2D eigenvalue weighted by Gasteiger charge is -2.43. The molecule has 0 spiro atoms. The van der Waals surface area contributed by atoms with Gasteiger partial charge in [-0.1, -0.05) is 142 Å². The van der Waals surface area contributed by atoms with Gasteiger partial charge in [-0.25, -0.2) is 9.98 Å². The Morgan fingerprint density at radius 2 is 1.64 bits per heavy atom. The topological polar surface area (TPSA) is 40.4 Å². The van der Waals surface area contributed by atoms with E-state index in [1.165, 1.54) is 77.5 Å². The van der Waals surface area contributed by atoms with Crippen LogP contribution in [-0.2, 0) is 4.74 Å². The third-order valence-corrected chi connectivity index (χ3v) is 15.1. The van der Waals surface area contributed by atoms with E-state index in [-0.39, 0.29) is 18.2 Å². The van der Waals surface area contributed by atoms with E-state index in [9.17, 15) is 0 Å². The number of likely N-dealkylation sites (tertiary alicyclic amines) is 1. The van der Waals surface area contributed by atoms with E-state index in [0.717, 1.165) is 48.2 Å². The number of ether oxygens (including phenoxy) is 1. The van der Waals surface area contributed by atoms with Crippen molar-refractivity contribution in [1.82, 2.24) is 9.80 Å². The zero-order chi connectivity index (χ0) is 39.6. The van der Waals surface area contributed by atoms with Crippen LogP contribution >= 0.6 is 0 Å². The molecular formula is C54H58N4O. The molecule has 3 heterocycles. The highest BCUT2D eigenvalue weighted by Crippen LogP contribution is 2.54. The Hall–Kier alpha value is -5.00. The minimum Gasteiger partial charge on any atom is -0.484 e. The highest BCUT2D eigenvalue weighted by atomic mass is 16.5. The summed E-state index contributed by atoms with van der Waals surface area (Å²) in [7, 11) is 2.19. The zero-order valence-corrected chi connectivity index (χ0v) is 35.0. The monoisotopic (exact) mass is 778 g/mol. The number of hydrogen-bond donors (Lipinski definition) is 0. The lowest BCUT2D eigenvalue weighted by atomic mass is 9.76. The number of hydrogen-bond acceptors (Lipinski definition) is 5. The second kappa shape index (κ2) is 15.2. The third-order valence-electron chi connectivity index (χ3n) is 15.1. The van der Waals surface area contributed by atoms with Crippen LogP contribution in [0.3, 0.4) is 0 Å². The SMILES string of the molecule is CC1CC=CC=C1C1=NC(c2ccccc2)=NC(c2cc(C3=CCCC=C3)ccc2C2C=CC=C3C4=CC5C6C=CCCC6N(C6CCCCC6C)C5C=C4O[C@H]32)N1C. The molecule has 3 fully saturated rings. The first-order chi connectivity index (χ1) is 29.0. The van der Waals surface area contributed by atoms with Gasteiger partial charge in [-0.15, -0.1) is 0 Å². The van der Waals surface area contributed by atoms with Crippen LogP contribution in [0.4, 0.5) is 0 Å². The molecule has 0 bridgehead atoms. The molecule has 0 N–H and O–H groups in total. The fraction of sp³-hybridized carbons (Fsp3) is 0.407. The van der Waals surface area contributed by atoms with Crippen LogP contribution in [0.15, 0.2) is 160 Å². The van der Waals surface area contributed by atoms with E-state index in [1.54, 1.807) is 0 Å². The Morgan fingerprint density at radius 3 is 2.49 bits per heavy atom. The number of allylic oxidation sites excluding steroid dienone is 11. The molecule has 2 saturated heterocycles. The third kappa shape index (κ3) is 6.38. The average molecular weight is 779 g/mol. The Bertz CT molecular complexity index is 2360. The first-order valence-corrected chi connectivity index (χ1v) is 22.8. The fourth-order valence-electron chi connectivity index (χ4n) is 12.1. The molecule has 9 unspecified atom stereocenters. The molecule has 11 rings (SSSR count). The van der Waals surface area contributed by atoms with E-state index in [4.69, 9.17) is 14.7 Å². The maximum atomic E-state index is 7.31. The number of fused-ring (bicyclic) bond motifs is 6. The maximum Gasteiger partial charge on any atom is 0.159 e. The number of nitrogens with zero attached hydrogens (tertiary/aromatic N) is 4. The molecule has 2 aromatic carbocycles. The molecule has 300 valence electrons. The number of aliphatic imine (C=N–C) groups is 2. The highest BCUT2D eigenvalue weighted by Gasteiger charge is 2.53. The molecule has 2 aromatic rings. The summed E-state index contributed by atoms with van der Waals surface area (Å²) in [6, 6.07) is 19.4. The Morgan fingerprint density at radius 1 is 0.763 bits per heavy atom. The number of amidine groups is 2. The van der Waals surface area contributed by atoms with Gasteiger partial charge < -0.3 is 9.64 Å². The van der Waals surface area contributed by atoms with Crippen molar-refractivity contribution >= 4 is 17.2 Å². The van der Waals surface area contributed by atoms with Crippen molar-refractivity contribution < 1.29 is 4.74 Å². The summed E-state index contributed by atoms with van der Waals surface area (Å²) < 4.78 is 7.31. The largest absolute Gasteiger partial charge is 0.484 e. The molecule has 1 saturated carbocycles. The van der Waals surface area contributed by atoms with E-state index < -0.39 is 0 Å². The number of rotatable bonds is 6. The molecule has 10 atom stereocenters. The summed E-state index contributed by atoms with van der Waals surface area (Å²) in [6.07, 6.45) is 41.7. The van der Waals surface area contributed by atoms with Crippen molar-refractivity contribution in [3.8, 4) is 0 Å². The van der Waals surface area contributed by atoms with E-state index in [1.807, 2.05) is 0 Å². The summed E-state index contributed by atoms with van der Waals surface area (Å²) in [5.41, 5.74) is 9.98. The normalized spacial score (nSPS) is 34.6. The first kappa shape index (κ1) is 37.0. The summed E-state index contributed by atoms with van der Waals surface area (Å²) in [4.78, 5) is 16.2.